The van der Waals surface area contributed by atoms with Crippen LogP contribution in [0, 0.1) is 13.8 Å². The van der Waals surface area contributed by atoms with Crippen LogP contribution in [-0.4, -0.2) is 33.9 Å². The summed E-state index contributed by atoms with van der Waals surface area (Å²) in [7, 11) is 0. The molecule has 0 N–H and O–H groups in total. The SMILES string of the molecule is CCn1c(=O)c2ccccc2n2c(CSc3nnc(C)n3-c3ccccc3C)nnc12. The van der Waals surface area contributed by atoms with Gasteiger partial charge in [0.2, 0.25) is 5.78 Å². The highest BCUT2D eigenvalue weighted by atomic mass is 32.2. The Balaban J connectivity index is 1.59. The van der Waals surface area contributed by atoms with Crippen molar-refractivity contribution in [2.45, 2.75) is 38.2 Å². The third-order valence-electron chi connectivity index (χ3n) is 5.37. The summed E-state index contributed by atoms with van der Waals surface area (Å²) in [4.78, 5) is 12.9. The summed E-state index contributed by atoms with van der Waals surface area (Å²) >= 11 is 1.55. The Hall–Kier alpha value is -3.46. The lowest BCUT2D eigenvalue weighted by atomic mass is 10.2. The Bertz CT molecular complexity index is 1480. The highest BCUT2D eigenvalue weighted by Gasteiger charge is 2.18. The van der Waals surface area contributed by atoms with Gasteiger partial charge in [-0.25, -0.2) is 0 Å². The number of para-hydroxylation sites is 2. The molecule has 5 rings (SSSR count). The van der Waals surface area contributed by atoms with Crippen LogP contribution in [0.1, 0.15) is 24.1 Å². The van der Waals surface area contributed by atoms with Crippen molar-refractivity contribution in [1.29, 1.82) is 0 Å². The third-order valence-corrected chi connectivity index (χ3v) is 6.30. The summed E-state index contributed by atoms with van der Waals surface area (Å²) in [6.45, 7) is 6.49. The number of fused-ring (bicyclic) bond motifs is 3. The van der Waals surface area contributed by atoms with E-state index in [0.717, 1.165) is 33.6 Å². The standard InChI is InChI=1S/C22H21N7OS/c1-4-27-20(30)16-10-6-8-12-18(16)29-19(24-25-21(27)29)13-31-22-26-23-15(3)28(22)17-11-7-5-9-14(17)2/h5-12H,4,13H2,1-3H3. The van der Waals surface area contributed by atoms with Crippen LogP contribution in [-0.2, 0) is 12.3 Å². The van der Waals surface area contributed by atoms with Gasteiger partial charge < -0.3 is 0 Å². The largest absolute Gasteiger partial charge is 0.277 e. The van der Waals surface area contributed by atoms with Crippen LogP contribution in [0.25, 0.3) is 22.4 Å². The van der Waals surface area contributed by atoms with Crippen molar-refractivity contribution in [2.75, 3.05) is 0 Å². The molecule has 2 aromatic carbocycles. The molecule has 0 fully saturated rings. The molecule has 8 nitrogen and oxygen atoms in total. The van der Waals surface area contributed by atoms with E-state index in [1.807, 2.05) is 54.6 Å². The zero-order chi connectivity index (χ0) is 21.5. The molecule has 0 unspecified atom stereocenters. The topological polar surface area (TPSA) is 82.9 Å². The second-order valence-corrected chi connectivity index (χ2v) is 8.20. The van der Waals surface area contributed by atoms with Gasteiger partial charge in [0.15, 0.2) is 5.16 Å². The van der Waals surface area contributed by atoms with Gasteiger partial charge >= 0.3 is 0 Å². The van der Waals surface area contributed by atoms with Crippen molar-refractivity contribution in [3.05, 3.63) is 76.1 Å². The normalized spacial score (nSPS) is 11.6. The Morgan fingerprint density at radius 2 is 1.71 bits per heavy atom. The Labute approximate surface area is 182 Å². The average molecular weight is 432 g/mol. The van der Waals surface area contributed by atoms with E-state index in [1.54, 1.807) is 16.3 Å². The molecule has 0 aliphatic heterocycles. The molecule has 3 heterocycles. The first-order chi connectivity index (χ1) is 15.1. The van der Waals surface area contributed by atoms with Gasteiger partial charge in [0, 0.05) is 6.54 Å². The fourth-order valence-corrected chi connectivity index (χ4v) is 4.75. The minimum absolute atomic E-state index is 0.0490. The van der Waals surface area contributed by atoms with E-state index in [2.05, 4.69) is 44.0 Å². The number of rotatable bonds is 5. The van der Waals surface area contributed by atoms with Crippen LogP contribution in [0.15, 0.2) is 58.5 Å². The fraction of sp³-hybridized carbons (Fsp3) is 0.227. The van der Waals surface area contributed by atoms with E-state index < -0.39 is 0 Å². The lowest BCUT2D eigenvalue weighted by molar-refractivity contribution is 0.735. The molecule has 0 atom stereocenters. The first-order valence-electron chi connectivity index (χ1n) is 10.1. The molecule has 0 spiro atoms. The number of aromatic nitrogens is 7. The van der Waals surface area contributed by atoms with Gasteiger partial charge in [0.25, 0.3) is 5.56 Å². The second kappa shape index (κ2) is 7.66. The van der Waals surface area contributed by atoms with Gasteiger partial charge in [-0.3, -0.25) is 18.3 Å². The maximum Gasteiger partial charge on any atom is 0.262 e. The van der Waals surface area contributed by atoms with E-state index in [9.17, 15) is 4.79 Å². The number of nitrogens with zero attached hydrogens (tertiary/aromatic N) is 7. The minimum Gasteiger partial charge on any atom is -0.277 e. The molecule has 0 radical (unpaired) electrons. The van der Waals surface area contributed by atoms with Gasteiger partial charge in [-0.05, 0) is 44.5 Å². The average Bonchev–Trinajstić information content (AvgIpc) is 3.37. The van der Waals surface area contributed by atoms with Gasteiger partial charge in [0.1, 0.15) is 11.6 Å². The van der Waals surface area contributed by atoms with E-state index in [1.165, 1.54) is 0 Å². The van der Waals surface area contributed by atoms with Crippen LogP contribution in [0.5, 0.6) is 0 Å². The number of thioether (sulfide) groups is 1. The third kappa shape index (κ3) is 3.12. The number of benzene rings is 2. The van der Waals surface area contributed by atoms with Crippen molar-refractivity contribution < 1.29 is 0 Å². The Morgan fingerprint density at radius 1 is 0.935 bits per heavy atom. The number of hydrogen-bond donors (Lipinski definition) is 0. The zero-order valence-corrected chi connectivity index (χ0v) is 18.3. The first kappa shape index (κ1) is 19.5. The Morgan fingerprint density at radius 3 is 2.52 bits per heavy atom. The molecule has 0 aliphatic carbocycles. The molecular formula is C22H21N7OS. The van der Waals surface area contributed by atoms with E-state index in [0.29, 0.717) is 23.5 Å². The first-order valence-corrected chi connectivity index (χ1v) is 11.0. The molecule has 0 saturated heterocycles. The minimum atomic E-state index is -0.0490. The monoisotopic (exact) mass is 431 g/mol. The summed E-state index contributed by atoms with van der Waals surface area (Å²) < 4.78 is 5.68. The highest BCUT2D eigenvalue weighted by Crippen LogP contribution is 2.27. The second-order valence-electron chi connectivity index (χ2n) is 7.26. The predicted molar refractivity (Wildman–Crippen MR) is 121 cm³/mol. The maximum atomic E-state index is 12.9. The van der Waals surface area contributed by atoms with Gasteiger partial charge in [-0.15, -0.1) is 20.4 Å². The van der Waals surface area contributed by atoms with Gasteiger partial charge in [-0.2, -0.15) is 0 Å². The zero-order valence-electron chi connectivity index (χ0n) is 17.5. The van der Waals surface area contributed by atoms with Crippen molar-refractivity contribution >= 4 is 28.4 Å². The summed E-state index contributed by atoms with van der Waals surface area (Å²) in [5, 5.41) is 18.9. The highest BCUT2D eigenvalue weighted by molar-refractivity contribution is 7.98. The lowest BCUT2D eigenvalue weighted by Gasteiger charge is -2.11. The summed E-state index contributed by atoms with van der Waals surface area (Å²) in [5.74, 6) is 2.68. The molecule has 31 heavy (non-hydrogen) atoms. The molecule has 0 bridgehead atoms. The molecule has 156 valence electrons. The van der Waals surface area contributed by atoms with Gasteiger partial charge in [-0.1, -0.05) is 42.1 Å². The fourth-order valence-electron chi connectivity index (χ4n) is 3.85. The van der Waals surface area contributed by atoms with Crippen LogP contribution in [0.4, 0.5) is 0 Å². The quantitative estimate of drug-likeness (QED) is 0.396. The molecule has 0 amide bonds. The van der Waals surface area contributed by atoms with Crippen molar-refractivity contribution in [3.63, 3.8) is 0 Å². The van der Waals surface area contributed by atoms with Crippen LogP contribution >= 0.6 is 11.8 Å². The van der Waals surface area contributed by atoms with Crippen molar-refractivity contribution in [2.24, 2.45) is 0 Å². The van der Waals surface area contributed by atoms with Crippen LogP contribution in [0.3, 0.4) is 0 Å². The van der Waals surface area contributed by atoms with E-state index >= 15 is 0 Å². The van der Waals surface area contributed by atoms with Crippen LogP contribution < -0.4 is 5.56 Å². The molecule has 0 saturated carbocycles. The number of hydrogen-bond acceptors (Lipinski definition) is 6. The van der Waals surface area contributed by atoms with Crippen molar-refractivity contribution in [3.8, 4) is 5.69 Å². The van der Waals surface area contributed by atoms with E-state index in [4.69, 9.17) is 0 Å². The van der Waals surface area contributed by atoms with Crippen molar-refractivity contribution in [1.82, 2.24) is 33.9 Å². The molecular weight excluding hydrogens is 410 g/mol. The Kier molecular flexibility index (Phi) is 4.82. The molecule has 0 aliphatic rings. The molecule has 5 aromatic rings. The molecule has 3 aromatic heterocycles. The summed E-state index contributed by atoms with van der Waals surface area (Å²) in [6, 6.07) is 15.7. The maximum absolute atomic E-state index is 12.9. The predicted octanol–water partition coefficient (Wildman–Crippen LogP) is 3.55. The smallest absolute Gasteiger partial charge is 0.262 e. The summed E-state index contributed by atoms with van der Waals surface area (Å²) in [6.07, 6.45) is 0. The number of aryl methyl sites for hydroxylation is 3. The van der Waals surface area contributed by atoms with E-state index in [-0.39, 0.29) is 5.56 Å². The lowest BCUT2D eigenvalue weighted by Crippen LogP contribution is -2.22. The summed E-state index contributed by atoms with van der Waals surface area (Å²) in [5.41, 5.74) is 2.97. The van der Waals surface area contributed by atoms with Gasteiger partial charge in [0.05, 0.1) is 22.3 Å². The van der Waals surface area contributed by atoms with Crippen LogP contribution in [0.2, 0.25) is 0 Å². The molecule has 9 heteroatoms.